The first kappa shape index (κ1) is 22.3. The van der Waals surface area contributed by atoms with Gasteiger partial charge in [-0.25, -0.2) is 9.79 Å². The molecule has 1 aromatic heterocycles. The van der Waals surface area contributed by atoms with Crippen LogP contribution in [0.25, 0.3) is 6.08 Å². The Labute approximate surface area is 197 Å². The molecule has 6 nitrogen and oxygen atoms in total. The Kier molecular flexibility index (Phi) is 6.24. The third-order valence-electron chi connectivity index (χ3n) is 5.10. The minimum absolute atomic E-state index is 0.269. The van der Waals surface area contributed by atoms with Crippen molar-refractivity contribution >= 4 is 46.6 Å². The minimum Gasteiger partial charge on any atom is -0.497 e. The van der Waals surface area contributed by atoms with Crippen molar-refractivity contribution in [3.63, 3.8) is 0 Å². The molecule has 0 aliphatic carbocycles. The number of nitrogens with zero attached hydrogens (tertiary/aromatic N) is 2. The van der Waals surface area contributed by atoms with Gasteiger partial charge in [-0.3, -0.25) is 9.36 Å². The molecule has 0 fully saturated rings. The molecule has 164 valence electrons. The summed E-state index contributed by atoms with van der Waals surface area (Å²) in [6.07, 6.45) is 1.73. The quantitative estimate of drug-likeness (QED) is 0.524. The third-order valence-corrected chi connectivity index (χ3v) is 6.82. The lowest BCUT2D eigenvalue weighted by Gasteiger charge is -2.24. The van der Waals surface area contributed by atoms with Crippen molar-refractivity contribution in [2.45, 2.75) is 13.0 Å². The van der Waals surface area contributed by atoms with Crippen LogP contribution in [0.1, 0.15) is 24.1 Å². The van der Waals surface area contributed by atoms with Gasteiger partial charge in [-0.2, -0.15) is 0 Å². The molecule has 0 spiro atoms. The fourth-order valence-electron chi connectivity index (χ4n) is 3.55. The average Bonchev–Trinajstić information content (AvgIpc) is 3.09. The molecule has 1 atom stereocenters. The van der Waals surface area contributed by atoms with Gasteiger partial charge < -0.3 is 9.47 Å². The number of benzene rings is 2. The summed E-state index contributed by atoms with van der Waals surface area (Å²) in [5.41, 5.74) is 2.01. The molecule has 9 heteroatoms. The summed E-state index contributed by atoms with van der Waals surface area (Å²) in [7, 11) is 2.88. The van der Waals surface area contributed by atoms with Crippen LogP contribution in [0.5, 0.6) is 5.75 Å². The Morgan fingerprint density at radius 3 is 2.47 bits per heavy atom. The number of carbonyl (C=O) groups excluding carboxylic acids is 1. The molecule has 0 saturated heterocycles. The van der Waals surface area contributed by atoms with Gasteiger partial charge in [0.2, 0.25) is 0 Å². The van der Waals surface area contributed by atoms with Gasteiger partial charge in [0.25, 0.3) is 5.56 Å². The van der Waals surface area contributed by atoms with E-state index in [4.69, 9.17) is 32.7 Å². The van der Waals surface area contributed by atoms with E-state index in [0.29, 0.717) is 36.4 Å². The number of fused-ring (bicyclic) bond motifs is 1. The van der Waals surface area contributed by atoms with Crippen LogP contribution in [-0.2, 0) is 9.53 Å². The number of methoxy groups -OCH3 is 2. The second-order valence-corrected chi connectivity index (χ2v) is 8.84. The molecular formula is C23H18Cl2N2O4S. The predicted octanol–water partition coefficient (Wildman–Crippen LogP) is 3.72. The highest BCUT2D eigenvalue weighted by Crippen LogP contribution is 2.31. The Hall–Kier alpha value is -2.87. The largest absolute Gasteiger partial charge is 0.497 e. The number of allylic oxidation sites excluding steroid dienone is 1. The molecule has 2 heterocycles. The molecule has 0 bridgehead atoms. The van der Waals surface area contributed by atoms with E-state index in [2.05, 4.69) is 4.99 Å². The normalized spacial score (nSPS) is 15.9. The highest BCUT2D eigenvalue weighted by Gasteiger charge is 2.33. The summed E-state index contributed by atoms with van der Waals surface area (Å²) in [6, 6.07) is 11.7. The lowest BCUT2D eigenvalue weighted by molar-refractivity contribution is -0.136. The molecule has 0 N–H and O–H groups in total. The maximum Gasteiger partial charge on any atom is 0.338 e. The maximum absolute atomic E-state index is 13.5. The van der Waals surface area contributed by atoms with Crippen molar-refractivity contribution in [2.24, 2.45) is 4.99 Å². The van der Waals surface area contributed by atoms with Crippen LogP contribution in [0.15, 0.2) is 63.5 Å². The summed E-state index contributed by atoms with van der Waals surface area (Å²) < 4.78 is 12.2. The molecule has 1 unspecified atom stereocenters. The number of aromatic nitrogens is 1. The van der Waals surface area contributed by atoms with Crippen LogP contribution in [0.3, 0.4) is 0 Å². The van der Waals surface area contributed by atoms with Crippen molar-refractivity contribution in [3.05, 3.63) is 94.6 Å². The lowest BCUT2D eigenvalue weighted by atomic mass is 9.96. The van der Waals surface area contributed by atoms with E-state index >= 15 is 0 Å². The summed E-state index contributed by atoms with van der Waals surface area (Å²) in [5, 5.41) is 0.830. The van der Waals surface area contributed by atoms with E-state index in [1.54, 1.807) is 50.4 Å². The molecule has 0 saturated carbocycles. The predicted molar refractivity (Wildman–Crippen MR) is 125 cm³/mol. The highest BCUT2D eigenvalue weighted by molar-refractivity contribution is 7.07. The molecule has 1 aliphatic rings. The SMILES string of the molecule is COC(=O)C1=C(C)N=c2s/c(=C/c3ccc(Cl)c(Cl)c3)c(=O)n2C1c1ccc(OC)cc1. The molecule has 0 radical (unpaired) electrons. The fourth-order valence-corrected chi connectivity index (χ4v) is 4.90. The van der Waals surface area contributed by atoms with E-state index in [1.807, 2.05) is 12.1 Å². The van der Waals surface area contributed by atoms with E-state index in [0.717, 1.165) is 11.1 Å². The first-order valence-corrected chi connectivity index (χ1v) is 11.1. The van der Waals surface area contributed by atoms with Crippen molar-refractivity contribution < 1.29 is 14.3 Å². The fraction of sp³-hybridized carbons (Fsp3) is 0.174. The van der Waals surface area contributed by atoms with Crippen LogP contribution in [0.4, 0.5) is 0 Å². The second-order valence-electron chi connectivity index (χ2n) is 7.02. The Morgan fingerprint density at radius 2 is 1.84 bits per heavy atom. The number of thiazole rings is 1. The second kappa shape index (κ2) is 8.94. The smallest absolute Gasteiger partial charge is 0.338 e. The zero-order valence-electron chi connectivity index (χ0n) is 17.4. The molecule has 1 aliphatic heterocycles. The number of esters is 1. The van der Waals surface area contributed by atoms with Crippen molar-refractivity contribution in [3.8, 4) is 5.75 Å². The standard InChI is InChI=1S/C23H18Cl2N2O4S/c1-12-19(22(29)31-3)20(14-5-7-15(30-2)8-6-14)27-21(28)18(32-23(27)26-12)11-13-4-9-16(24)17(25)10-13/h4-11,20H,1-3H3/b18-11+. The number of carbonyl (C=O) groups is 1. The Balaban J connectivity index is 1.95. The number of rotatable bonds is 4. The van der Waals surface area contributed by atoms with Crippen LogP contribution in [0, 0.1) is 0 Å². The van der Waals surface area contributed by atoms with Crippen molar-refractivity contribution in [1.29, 1.82) is 0 Å². The van der Waals surface area contributed by atoms with E-state index in [9.17, 15) is 9.59 Å². The Morgan fingerprint density at radius 1 is 1.12 bits per heavy atom. The molecule has 0 amide bonds. The summed E-state index contributed by atoms with van der Waals surface area (Å²) in [6.45, 7) is 1.73. The van der Waals surface area contributed by atoms with Gasteiger partial charge >= 0.3 is 5.97 Å². The van der Waals surface area contributed by atoms with Gasteiger partial charge in [-0.1, -0.05) is 52.7 Å². The van der Waals surface area contributed by atoms with Crippen LogP contribution in [0.2, 0.25) is 10.0 Å². The van der Waals surface area contributed by atoms with Crippen LogP contribution >= 0.6 is 34.5 Å². The van der Waals surface area contributed by atoms with Gasteiger partial charge in [0.15, 0.2) is 4.80 Å². The van der Waals surface area contributed by atoms with Gasteiger partial charge in [0, 0.05) is 0 Å². The Bertz CT molecular complexity index is 1420. The summed E-state index contributed by atoms with van der Waals surface area (Å²) in [5.74, 6) is 0.131. The van der Waals surface area contributed by atoms with Gasteiger partial charge in [-0.15, -0.1) is 0 Å². The van der Waals surface area contributed by atoms with Crippen LogP contribution < -0.4 is 19.6 Å². The van der Waals surface area contributed by atoms with Crippen molar-refractivity contribution in [2.75, 3.05) is 14.2 Å². The maximum atomic E-state index is 13.5. The topological polar surface area (TPSA) is 69.9 Å². The third kappa shape index (κ3) is 3.99. The highest BCUT2D eigenvalue weighted by atomic mass is 35.5. The first-order valence-electron chi connectivity index (χ1n) is 9.54. The number of hydrogen-bond acceptors (Lipinski definition) is 6. The molecule has 4 rings (SSSR count). The van der Waals surface area contributed by atoms with E-state index in [-0.39, 0.29) is 5.56 Å². The molecular weight excluding hydrogens is 471 g/mol. The van der Waals surface area contributed by atoms with Gasteiger partial charge in [-0.05, 0) is 48.4 Å². The zero-order chi connectivity index (χ0) is 23.0. The van der Waals surface area contributed by atoms with E-state index in [1.165, 1.54) is 23.0 Å². The monoisotopic (exact) mass is 488 g/mol. The molecule has 2 aromatic carbocycles. The van der Waals surface area contributed by atoms with Crippen LogP contribution in [-0.4, -0.2) is 24.8 Å². The van der Waals surface area contributed by atoms with E-state index < -0.39 is 12.0 Å². The van der Waals surface area contributed by atoms with Gasteiger partial charge in [0.05, 0.1) is 46.1 Å². The van der Waals surface area contributed by atoms with Gasteiger partial charge in [0.1, 0.15) is 5.75 Å². The minimum atomic E-state index is -0.680. The zero-order valence-corrected chi connectivity index (χ0v) is 19.7. The lowest BCUT2D eigenvalue weighted by Crippen LogP contribution is -2.39. The first-order chi connectivity index (χ1) is 15.3. The number of hydrogen-bond donors (Lipinski definition) is 0. The van der Waals surface area contributed by atoms with Crippen molar-refractivity contribution in [1.82, 2.24) is 4.57 Å². The molecule has 32 heavy (non-hydrogen) atoms. The average molecular weight is 489 g/mol. The molecule has 3 aromatic rings. The number of ether oxygens (including phenoxy) is 2. The summed E-state index contributed by atoms with van der Waals surface area (Å²) >= 11 is 13.4. The summed E-state index contributed by atoms with van der Waals surface area (Å²) in [4.78, 5) is 31.1. The number of halogens is 2.